The third-order valence-electron chi connectivity index (χ3n) is 3.23. The third kappa shape index (κ3) is 1.32. The first-order chi connectivity index (χ1) is 7.75. The van der Waals surface area contributed by atoms with Crippen molar-refractivity contribution in [3.63, 3.8) is 0 Å². The summed E-state index contributed by atoms with van der Waals surface area (Å²) >= 11 is 0. The van der Waals surface area contributed by atoms with E-state index < -0.39 is 0 Å². The molecule has 1 aliphatic carbocycles. The molecule has 1 aliphatic rings. The number of aromatic nitrogens is 2. The predicted molar refractivity (Wildman–Crippen MR) is 62.0 cm³/mol. The number of aryl methyl sites for hydroxylation is 1. The summed E-state index contributed by atoms with van der Waals surface area (Å²) < 4.78 is 2.01. The summed E-state index contributed by atoms with van der Waals surface area (Å²) in [5, 5.41) is 13.8. The minimum atomic E-state index is 0.296. The number of rotatable bonds is 1. The number of fused-ring (bicyclic) bond motifs is 1. The Balaban J connectivity index is 2.13. The van der Waals surface area contributed by atoms with Crippen LogP contribution in [0.1, 0.15) is 23.4 Å². The van der Waals surface area contributed by atoms with Gasteiger partial charge in [0.05, 0.1) is 11.4 Å². The summed E-state index contributed by atoms with van der Waals surface area (Å²) in [7, 11) is 0. The first-order valence-electron chi connectivity index (χ1n) is 5.62. The Labute approximate surface area is 94.3 Å². The van der Waals surface area contributed by atoms with E-state index in [-0.39, 0.29) is 0 Å². The van der Waals surface area contributed by atoms with Crippen LogP contribution in [0.25, 0.3) is 5.69 Å². The van der Waals surface area contributed by atoms with Gasteiger partial charge in [0.25, 0.3) is 0 Å². The van der Waals surface area contributed by atoms with Crippen LogP contribution in [0.5, 0.6) is 5.75 Å². The van der Waals surface area contributed by atoms with Crippen LogP contribution in [0.2, 0.25) is 0 Å². The fourth-order valence-electron chi connectivity index (χ4n) is 2.43. The van der Waals surface area contributed by atoms with Gasteiger partial charge in [0.1, 0.15) is 5.75 Å². The van der Waals surface area contributed by atoms with Crippen LogP contribution >= 0.6 is 0 Å². The zero-order valence-electron chi connectivity index (χ0n) is 9.27. The second kappa shape index (κ2) is 3.37. The molecule has 3 heteroatoms. The van der Waals surface area contributed by atoms with E-state index in [4.69, 9.17) is 0 Å². The van der Waals surface area contributed by atoms with Gasteiger partial charge in [-0.1, -0.05) is 0 Å². The lowest BCUT2D eigenvalue weighted by atomic mass is 10.2. The molecular formula is C13H14N2O. The third-order valence-corrected chi connectivity index (χ3v) is 3.23. The fraction of sp³-hybridized carbons (Fsp3) is 0.308. The monoisotopic (exact) mass is 214 g/mol. The van der Waals surface area contributed by atoms with Gasteiger partial charge in [-0.05, 0) is 56.0 Å². The van der Waals surface area contributed by atoms with Gasteiger partial charge in [-0.3, -0.25) is 0 Å². The quantitative estimate of drug-likeness (QED) is 0.791. The highest BCUT2D eigenvalue weighted by Gasteiger charge is 2.20. The Morgan fingerprint density at radius 1 is 1.19 bits per heavy atom. The van der Waals surface area contributed by atoms with Gasteiger partial charge < -0.3 is 5.11 Å². The van der Waals surface area contributed by atoms with Crippen molar-refractivity contribution in [3.8, 4) is 11.4 Å². The van der Waals surface area contributed by atoms with Gasteiger partial charge in [-0.2, -0.15) is 5.10 Å². The molecule has 0 spiro atoms. The summed E-state index contributed by atoms with van der Waals surface area (Å²) in [6, 6.07) is 7.21. The predicted octanol–water partition coefficient (Wildman–Crippen LogP) is 2.38. The van der Waals surface area contributed by atoms with Gasteiger partial charge in [-0.15, -0.1) is 0 Å². The van der Waals surface area contributed by atoms with Crippen LogP contribution in [0.15, 0.2) is 24.3 Å². The van der Waals surface area contributed by atoms with Crippen LogP contribution in [0, 0.1) is 6.92 Å². The normalized spacial score (nSPS) is 14.1. The zero-order valence-corrected chi connectivity index (χ0v) is 9.27. The van der Waals surface area contributed by atoms with E-state index in [0.717, 1.165) is 24.2 Å². The van der Waals surface area contributed by atoms with Gasteiger partial charge in [0.15, 0.2) is 0 Å². The second-order valence-electron chi connectivity index (χ2n) is 4.29. The van der Waals surface area contributed by atoms with Crippen LogP contribution in [-0.4, -0.2) is 14.9 Å². The first-order valence-corrected chi connectivity index (χ1v) is 5.62. The molecule has 82 valence electrons. The van der Waals surface area contributed by atoms with E-state index in [9.17, 15) is 5.11 Å². The molecule has 1 aromatic carbocycles. The highest BCUT2D eigenvalue weighted by Crippen LogP contribution is 2.27. The molecule has 3 rings (SSSR count). The fourth-order valence-corrected chi connectivity index (χ4v) is 2.43. The molecule has 16 heavy (non-hydrogen) atoms. The molecule has 0 aliphatic heterocycles. The summed E-state index contributed by atoms with van der Waals surface area (Å²) in [5.74, 6) is 0.296. The maximum Gasteiger partial charge on any atom is 0.115 e. The molecule has 0 atom stereocenters. The van der Waals surface area contributed by atoms with Crippen LogP contribution in [-0.2, 0) is 12.8 Å². The number of benzene rings is 1. The lowest BCUT2D eigenvalue weighted by Gasteiger charge is -2.05. The van der Waals surface area contributed by atoms with Gasteiger partial charge in [0.2, 0.25) is 0 Å². The summed E-state index contributed by atoms with van der Waals surface area (Å²) in [4.78, 5) is 0. The Bertz CT molecular complexity index is 526. The highest BCUT2D eigenvalue weighted by atomic mass is 16.3. The average Bonchev–Trinajstić information content (AvgIpc) is 2.84. The minimum Gasteiger partial charge on any atom is -0.508 e. The molecule has 0 unspecified atom stereocenters. The van der Waals surface area contributed by atoms with E-state index in [1.165, 1.54) is 17.7 Å². The summed E-state index contributed by atoms with van der Waals surface area (Å²) in [6.45, 7) is 2.07. The van der Waals surface area contributed by atoms with Crippen molar-refractivity contribution in [3.05, 3.63) is 41.2 Å². The van der Waals surface area contributed by atoms with Crippen molar-refractivity contribution in [1.82, 2.24) is 9.78 Å². The largest absolute Gasteiger partial charge is 0.508 e. The Hall–Kier alpha value is -1.77. The SMILES string of the molecule is Cc1nn(-c2ccc(O)cc2)c2c1CCC2. The topological polar surface area (TPSA) is 38.0 Å². The minimum absolute atomic E-state index is 0.296. The number of aromatic hydroxyl groups is 1. The maximum atomic E-state index is 9.27. The molecule has 0 saturated heterocycles. The summed E-state index contributed by atoms with van der Waals surface area (Å²) in [6.07, 6.45) is 3.49. The molecule has 1 aromatic heterocycles. The Morgan fingerprint density at radius 3 is 2.69 bits per heavy atom. The summed E-state index contributed by atoms with van der Waals surface area (Å²) in [5.41, 5.74) is 4.92. The molecule has 0 fully saturated rings. The molecular weight excluding hydrogens is 200 g/mol. The maximum absolute atomic E-state index is 9.27. The Kier molecular flexibility index (Phi) is 1.99. The van der Waals surface area contributed by atoms with Crippen molar-refractivity contribution in [2.24, 2.45) is 0 Å². The first kappa shape index (κ1) is 9.46. The number of phenols is 1. The average molecular weight is 214 g/mol. The molecule has 1 heterocycles. The molecule has 0 radical (unpaired) electrons. The van der Waals surface area contributed by atoms with Crippen LogP contribution in [0.3, 0.4) is 0 Å². The van der Waals surface area contributed by atoms with Crippen LogP contribution in [0.4, 0.5) is 0 Å². The van der Waals surface area contributed by atoms with E-state index in [0.29, 0.717) is 5.75 Å². The van der Waals surface area contributed by atoms with Gasteiger partial charge >= 0.3 is 0 Å². The molecule has 0 amide bonds. The number of hydrogen-bond donors (Lipinski definition) is 1. The smallest absolute Gasteiger partial charge is 0.115 e. The van der Waals surface area contributed by atoms with Crippen molar-refractivity contribution in [2.75, 3.05) is 0 Å². The van der Waals surface area contributed by atoms with Crippen molar-refractivity contribution in [1.29, 1.82) is 0 Å². The van der Waals surface area contributed by atoms with Gasteiger partial charge in [0, 0.05) is 5.69 Å². The zero-order chi connectivity index (χ0) is 11.1. The van der Waals surface area contributed by atoms with Crippen molar-refractivity contribution in [2.45, 2.75) is 26.2 Å². The standard InChI is InChI=1S/C13H14N2O/c1-9-12-3-2-4-13(12)15(14-9)10-5-7-11(16)8-6-10/h5-8,16H,2-4H2,1H3. The molecule has 2 aromatic rings. The van der Waals surface area contributed by atoms with Crippen molar-refractivity contribution < 1.29 is 5.11 Å². The van der Waals surface area contributed by atoms with E-state index in [1.54, 1.807) is 12.1 Å². The number of hydrogen-bond acceptors (Lipinski definition) is 2. The van der Waals surface area contributed by atoms with Crippen LogP contribution < -0.4 is 0 Å². The van der Waals surface area contributed by atoms with Crippen molar-refractivity contribution >= 4 is 0 Å². The molecule has 3 nitrogen and oxygen atoms in total. The van der Waals surface area contributed by atoms with E-state index in [2.05, 4.69) is 12.0 Å². The molecule has 0 saturated carbocycles. The van der Waals surface area contributed by atoms with E-state index in [1.807, 2.05) is 16.8 Å². The lowest BCUT2D eigenvalue weighted by Crippen LogP contribution is -2.00. The van der Waals surface area contributed by atoms with E-state index >= 15 is 0 Å². The van der Waals surface area contributed by atoms with Gasteiger partial charge in [-0.25, -0.2) is 4.68 Å². The Morgan fingerprint density at radius 2 is 1.94 bits per heavy atom. The molecule has 1 N–H and O–H groups in total. The number of phenolic OH excluding ortho intramolecular Hbond substituents is 1. The number of nitrogens with zero attached hydrogens (tertiary/aromatic N) is 2. The highest BCUT2D eigenvalue weighted by molar-refractivity contribution is 5.41. The lowest BCUT2D eigenvalue weighted by molar-refractivity contribution is 0.475. The molecule has 0 bridgehead atoms. The second-order valence-corrected chi connectivity index (χ2v) is 4.29.